The van der Waals surface area contributed by atoms with Gasteiger partial charge in [0.05, 0.1) is 5.69 Å². The molecule has 1 N–H and O–H groups in total. The van der Waals surface area contributed by atoms with Crippen LogP contribution in [0.25, 0.3) is 54.9 Å². The number of nitrogens with zero attached hydrogens (tertiary/aromatic N) is 1. The Morgan fingerprint density at radius 3 is 1.64 bits per heavy atom. The van der Waals surface area contributed by atoms with E-state index < -0.39 is 5.60 Å². The van der Waals surface area contributed by atoms with Crippen molar-refractivity contribution in [3.63, 3.8) is 0 Å². The molecule has 9 aromatic rings. The van der Waals surface area contributed by atoms with Gasteiger partial charge in [0.1, 0.15) is 5.60 Å². The maximum absolute atomic E-state index is 13.6. The van der Waals surface area contributed by atoms with Crippen LogP contribution in [-0.4, -0.2) is 10.8 Å². The second-order valence-electron chi connectivity index (χ2n) is 15.1. The molecular formula is C54H37NO. The lowest BCUT2D eigenvalue weighted by Crippen LogP contribution is -2.37. The summed E-state index contributed by atoms with van der Waals surface area (Å²) in [5.41, 5.74) is 13.6. The second kappa shape index (κ2) is 12.9. The zero-order chi connectivity index (χ0) is 37.2. The van der Waals surface area contributed by atoms with Gasteiger partial charge in [-0.2, -0.15) is 0 Å². The van der Waals surface area contributed by atoms with E-state index in [1.54, 1.807) is 0 Å². The lowest BCUT2D eigenvalue weighted by atomic mass is 9.63. The molecule has 0 amide bonds. The van der Waals surface area contributed by atoms with Crippen molar-refractivity contribution in [1.82, 2.24) is 0 Å². The summed E-state index contributed by atoms with van der Waals surface area (Å²) >= 11 is 0. The third-order valence-corrected chi connectivity index (χ3v) is 12.1. The summed E-state index contributed by atoms with van der Waals surface area (Å²) in [7, 11) is 0. The lowest BCUT2D eigenvalue weighted by Gasteiger charge is -2.43. The highest BCUT2D eigenvalue weighted by atomic mass is 16.3. The third kappa shape index (κ3) is 4.90. The summed E-state index contributed by atoms with van der Waals surface area (Å²) in [6.45, 7) is 0. The molecule has 0 saturated carbocycles. The number of benzene rings is 9. The molecule has 2 aliphatic rings. The van der Waals surface area contributed by atoms with Crippen molar-refractivity contribution in [2.75, 3.05) is 0 Å². The predicted octanol–water partition coefficient (Wildman–Crippen LogP) is 13.2. The fourth-order valence-corrected chi connectivity index (χ4v) is 9.71. The summed E-state index contributed by atoms with van der Waals surface area (Å²) in [6, 6.07) is 70.9. The minimum absolute atomic E-state index is 0.0365. The van der Waals surface area contributed by atoms with Gasteiger partial charge in [0.15, 0.2) is 0 Å². The second-order valence-corrected chi connectivity index (χ2v) is 15.1. The summed E-state index contributed by atoms with van der Waals surface area (Å²) < 4.78 is 0. The fourth-order valence-electron chi connectivity index (χ4n) is 9.71. The van der Waals surface area contributed by atoms with Crippen molar-refractivity contribution in [3.05, 3.63) is 234 Å². The Kier molecular flexibility index (Phi) is 7.48. The van der Waals surface area contributed by atoms with Crippen LogP contribution in [-0.2, 0) is 5.60 Å². The minimum Gasteiger partial charge on any atom is -0.376 e. The molecule has 0 fully saturated rings. The van der Waals surface area contributed by atoms with Gasteiger partial charge in [0, 0.05) is 23.6 Å². The topological polar surface area (TPSA) is 32.6 Å². The smallest absolute Gasteiger partial charge is 0.141 e. The van der Waals surface area contributed by atoms with Crippen LogP contribution in [0.4, 0.5) is 5.69 Å². The summed E-state index contributed by atoms with van der Waals surface area (Å²) in [5.74, 6) is 0.0365. The molecule has 11 rings (SSSR count). The van der Waals surface area contributed by atoms with E-state index in [-0.39, 0.29) is 5.92 Å². The number of hydrogen-bond acceptors (Lipinski definition) is 2. The average molecular weight is 716 g/mol. The van der Waals surface area contributed by atoms with E-state index in [2.05, 4.69) is 182 Å². The Hall–Kier alpha value is -6.87. The zero-order valence-corrected chi connectivity index (χ0v) is 30.7. The van der Waals surface area contributed by atoms with E-state index >= 15 is 0 Å². The number of fused-ring (bicyclic) bond motifs is 4. The van der Waals surface area contributed by atoms with Gasteiger partial charge in [-0.1, -0.05) is 188 Å². The van der Waals surface area contributed by atoms with Gasteiger partial charge in [0.25, 0.3) is 0 Å². The standard InChI is InChI=1S/C54H37NO/c56-54(39-23-8-3-9-24-39)47-31-16-32-48-52(47)46(34-49(55-48)35-17-4-1-5-18-35)45-30-15-29-40(53(45)54)37-21-14-22-38(33-37)51-43-27-12-10-25-41(43)50(36-19-6-2-7-20-36)42-26-11-13-28-44(42)51/h1-33,46,56H,34H2. The highest BCUT2D eigenvalue weighted by molar-refractivity contribution is 6.21. The van der Waals surface area contributed by atoms with E-state index in [0.717, 1.165) is 67.9 Å². The highest BCUT2D eigenvalue weighted by Gasteiger charge is 2.47. The first-order valence-electron chi connectivity index (χ1n) is 19.5. The van der Waals surface area contributed by atoms with Crippen LogP contribution in [0.15, 0.2) is 205 Å². The van der Waals surface area contributed by atoms with Crippen LogP contribution in [0, 0.1) is 0 Å². The molecule has 0 bridgehead atoms. The Morgan fingerprint density at radius 2 is 0.982 bits per heavy atom. The molecule has 2 nitrogen and oxygen atoms in total. The molecule has 1 heterocycles. The van der Waals surface area contributed by atoms with Crippen LogP contribution in [0.1, 0.15) is 45.7 Å². The predicted molar refractivity (Wildman–Crippen MR) is 232 cm³/mol. The first-order chi connectivity index (χ1) is 27.7. The van der Waals surface area contributed by atoms with E-state index in [1.807, 2.05) is 18.2 Å². The normalized spacial score (nSPS) is 16.9. The van der Waals surface area contributed by atoms with Gasteiger partial charge in [0.2, 0.25) is 0 Å². The maximum atomic E-state index is 13.6. The van der Waals surface area contributed by atoms with Crippen LogP contribution < -0.4 is 0 Å². The van der Waals surface area contributed by atoms with E-state index in [0.29, 0.717) is 0 Å². The number of aliphatic imine (C=N–C) groups is 1. The number of aliphatic hydroxyl groups is 1. The molecule has 9 aromatic carbocycles. The number of rotatable bonds is 5. The van der Waals surface area contributed by atoms with Gasteiger partial charge in [-0.05, 0) is 94.9 Å². The van der Waals surface area contributed by atoms with Crippen molar-refractivity contribution < 1.29 is 5.11 Å². The quantitative estimate of drug-likeness (QED) is 0.177. The molecule has 264 valence electrons. The van der Waals surface area contributed by atoms with E-state index in [4.69, 9.17) is 4.99 Å². The van der Waals surface area contributed by atoms with Gasteiger partial charge >= 0.3 is 0 Å². The molecule has 1 aliphatic heterocycles. The summed E-state index contributed by atoms with van der Waals surface area (Å²) in [4.78, 5) is 5.25. The molecule has 0 spiro atoms. The molecule has 2 unspecified atom stereocenters. The lowest BCUT2D eigenvalue weighted by molar-refractivity contribution is 0.120. The Labute approximate surface area is 326 Å². The van der Waals surface area contributed by atoms with Crippen molar-refractivity contribution in [2.45, 2.75) is 17.9 Å². The monoisotopic (exact) mass is 715 g/mol. The van der Waals surface area contributed by atoms with Crippen molar-refractivity contribution >= 4 is 32.9 Å². The fraction of sp³-hybridized carbons (Fsp3) is 0.0556. The first-order valence-corrected chi connectivity index (χ1v) is 19.5. The SMILES string of the molecule is OC1(c2ccccc2)c2cccc3c2C(CC(c2ccccc2)=N3)c2cccc(-c3cccc(-c4c5ccccc5c(-c5ccccc5)c5ccccc45)c3)c21. The van der Waals surface area contributed by atoms with E-state index in [9.17, 15) is 5.11 Å². The van der Waals surface area contributed by atoms with Crippen LogP contribution in [0.3, 0.4) is 0 Å². The molecule has 2 atom stereocenters. The van der Waals surface area contributed by atoms with Gasteiger partial charge in [-0.25, -0.2) is 0 Å². The molecular weight excluding hydrogens is 679 g/mol. The molecule has 56 heavy (non-hydrogen) atoms. The molecule has 0 aromatic heterocycles. The maximum Gasteiger partial charge on any atom is 0.141 e. The van der Waals surface area contributed by atoms with Crippen LogP contribution >= 0.6 is 0 Å². The Bertz CT molecular complexity index is 2950. The molecule has 0 radical (unpaired) electrons. The third-order valence-electron chi connectivity index (χ3n) is 12.1. The Morgan fingerprint density at radius 1 is 0.464 bits per heavy atom. The molecule has 1 aliphatic carbocycles. The Balaban J connectivity index is 1.16. The van der Waals surface area contributed by atoms with Crippen molar-refractivity contribution in [1.29, 1.82) is 0 Å². The zero-order valence-electron chi connectivity index (χ0n) is 30.7. The van der Waals surface area contributed by atoms with Crippen molar-refractivity contribution in [3.8, 4) is 33.4 Å². The first kappa shape index (κ1) is 32.6. The number of hydrogen-bond donors (Lipinski definition) is 1. The summed E-state index contributed by atoms with van der Waals surface area (Å²) in [5, 5.41) is 18.5. The summed E-state index contributed by atoms with van der Waals surface area (Å²) in [6.07, 6.45) is 0.751. The van der Waals surface area contributed by atoms with Gasteiger partial charge in [-0.3, -0.25) is 4.99 Å². The van der Waals surface area contributed by atoms with E-state index in [1.165, 1.54) is 38.2 Å². The molecule has 2 heteroatoms. The highest BCUT2D eigenvalue weighted by Crippen LogP contribution is 2.57. The van der Waals surface area contributed by atoms with Crippen LogP contribution in [0.5, 0.6) is 0 Å². The largest absolute Gasteiger partial charge is 0.376 e. The van der Waals surface area contributed by atoms with Crippen LogP contribution in [0.2, 0.25) is 0 Å². The van der Waals surface area contributed by atoms with Gasteiger partial charge < -0.3 is 5.11 Å². The van der Waals surface area contributed by atoms with Crippen molar-refractivity contribution in [2.24, 2.45) is 4.99 Å². The molecule has 0 saturated heterocycles. The van der Waals surface area contributed by atoms with Gasteiger partial charge in [-0.15, -0.1) is 0 Å². The average Bonchev–Trinajstić information content (AvgIpc) is 3.27. The minimum atomic E-state index is -1.40.